The molecule has 0 N–H and O–H groups in total. The molecule has 2 fully saturated rings. The fourth-order valence-electron chi connectivity index (χ4n) is 3.72. The van der Waals surface area contributed by atoms with Crippen molar-refractivity contribution in [3.05, 3.63) is 23.8 Å². The molecule has 3 rings (SSSR count). The van der Waals surface area contributed by atoms with Crippen LogP contribution < -0.4 is 9.47 Å². The maximum atomic E-state index is 12.9. The van der Waals surface area contributed by atoms with Crippen LogP contribution >= 0.6 is 0 Å². The Morgan fingerprint density at radius 2 is 1.55 bits per heavy atom. The van der Waals surface area contributed by atoms with Gasteiger partial charge in [-0.05, 0) is 37.8 Å². The van der Waals surface area contributed by atoms with Crippen molar-refractivity contribution in [2.45, 2.75) is 36.2 Å². The first-order valence-electron chi connectivity index (χ1n) is 7.47. The molecule has 0 amide bonds. The van der Waals surface area contributed by atoms with Gasteiger partial charge in [0.2, 0.25) is 0 Å². The number of ketones is 1. The molecule has 0 radical (unpaired) electrons. The quantitative estimate of drug-likeness (QED) is 0.795. The van der Waals surface area contributed by atoms with Crippen LogP contribution in [0.15, 0.2) is 18.2 Å². The average Bonchev–Trinajstić information content (AvgIpc) is 2.72. The van der Waals surface area contributed by atoms with Gasteiger partial charge in [0.15, 0.2) is 15.6 Å². The summed E-state index contributed by atoms with van der Waals surface area (Å²) in [6, 6.07) is 5.22. The number of ether oxygens (including phenoxy) is 2. The first-order valence-corrected chi connectivity index (χ1v) is 9.08. The topological polar surface area (TPSA) is 69.7 Å². The molecule has 5 nitrogen and oxygen atoms in total. The van der Waals surface area contributed by atoms with Crippen molar-refractivity contribution in [1.82, 2.24) is 0 Å². The monoisotopic (exact) mass is 324 g/mol. The molecule has 2 aliphatic rings. The maximum Gasteiger partial charge on any atom is 0.173 e. The maximum absolute atomic E-state index is 12.9. The van der Waals surface area contributed by atoms with Gasteiger partial charge in [-0.1, -0.05) is 6.07 Å². The van der Waals surface area contributed by atoms with Gasteiger partial charge in [0.25, 0.3) is 0 Å². The zero-order valence-corrected chi connectivity index (χ0v) is 13.6. The number of Topliss-reactive ketones (excluding diaryl/α,β-unsaturated/α-hetero) is 1. The van der Waals surface area contributed by atoms with Gasteiger partial charge in [0.05, 0.1) is 24.7 Å². The molecule has 22 heavy (non-hydrogen) atoms. The lowest BCUT2D eigenvalue weighted by Crippen LogP contribution is -2.36. The molecule has 0 saturated carbocycles. The Balaban J connectivity index is 1.93. The summed E-state index contributed by atoms with van der Waals surface area (Å²) in [6.07, 6.45) is 2.19. The highest BCUT2D eigenvalue weighted by molar-refractivity contribution is 7.93. The number of benzene rings is 1. The molecular formula is C16H20O5S. The molecule has 2 saturated heterocycles. The highest BCUT2D eigenvalue weighted by Gasteiger charge is 2.49. The fourth-order valence-corrected chi connectivity index (χ4v) is 6.19. The van der Waals surface area contributed by atoms with Crippen LogP contribution in [-0.4, -0.2) is 38.9 Å². The van der Waals surface area contributed by atoms with Gasteiger partial charge in [0, 0.05) is 5.92 Å². The van der Waals surface area contributed by atoms with Crippen molar-refractivity contribution in [1.29, 1.82) is 0 Å². The molecule has 0 spiro atoms. The predicted molar refractivity (Wildman–Crippen MR) is 82.3 cm³/mol. The Morgan fingerprint density at radius 1 is 1.05 bits per heavy atom. The number of rotatable bonds is 4. The lowest BCUT2D eigenvalue weighted by molar-refractivity contribution is 0.0899. The van der Waals surface area contributed by atoms with E-state index >= 15 is 0 Å². The van der Waals surface area contributed by atoms with Gasteiger partial charge in [-0.3, -0.25) is 4.79 Å². The number of carbonyl (C=O) groups is 1. The largest absolute Gasteiger partial charge is 0.496 e. The van der Waals surface area contributed by atoms with Crippen LogP contribution in [0.25, 0.3) is 0 Å². The van der Waals surface area contributed by atoms with Crippen molar-refractivity contribution < 1.29 is 22.7 Å². The normalized spacial score (nSPS) is 29.1. The summed E-state index contributed by atoms with van der Waals surface area (Å²) < 4.78 is 34.9. The third-order valence-electron chi connectivity index (χ3n) is 4.88. The van der Waals surface area contributed by atoms with Gasteiger partial charge >= 0.3 is 0 Å². The SMILES string of the molecule is COc1cccc(OC)c1C(=O)C1CC2CCC(C1)S2(=O)=O. The van der Waals surface area contributed by atoms with E-state index in [1.165, 1.54) is 14.2 Å². The minimum absolute atomic E-state index is 0.0684. The van der Waals surface area contributed by atoms with E-state index in [9.17, 15) is 13.2 Å². The summed E-state index contributed by atoms with van der Waals surface area (Å²) in [5.74, 6) is 0.614. The Bertz CT molecular complexity index is 652. The Hall–Kier alpha value is -1.56. The summed E-state index contributed by atoms with van der Waals surface area (Å²) in [6.45, 7) is 0. The molecule has 2 heterocycles. The van der Waals surface area contributed by atoms with E-state index in [0.717, 1.165) is 0 Å². The van der Waals surface area contributed by atoms with Gasteiger partial charge in [0.1, 0.15) is 17.1 Å². The lowest BCUT2D eigenvalue weighted by Gasteiger charge is -2.27. The molecule has 2 bridgehead atoms. The highest BCUT2D eigenvalue weighted by atomic mass is 32.2. The third kappa shape index (κ3) is 2.29. The molecule has 0 aromatic heterocycles. The lowest BCUT2D eigenvalue weighted by atomic mass is 9.89. The first-order chi connectivity index (χ1) is 10.5. The summed E-state index contributed by atoms with van der Waals surface area (Å²) >= 11 is 0. The summed E-state index contributed by atoms with van der Waals surface area (Å²) in [7, 11) is 0.00516. The van der Waals surface area contributed by atoms with Crippen LogP contribution in [0, 0.1) is 5.92 Å². The van der Waals surface area contributed by atoms with Crippen molar-refractivity contribution in [3.63, 3.8) is 0 Å². The second kappa shape index (κ2) is 5.57. The van der Waals surface area contributed by atoms with Crippen molar-refractivity contribution >= 4 is 15.6 Å². The van der Waals surface area contributed by atoms with Crippen LogP contribution in [0.3, 0.4) is 0 Å². The van der Waals surface area contributed by atoms with E-state index in [-0.39, 0.29) is 22.2 Å². The second-order valence-electron chi connectivity index (χ2n) is 5.98. The third-order valence-corrected chi connectivity index (χ3v) is 7.59. The van der Waals surface area contributed by atoms with Crippen molar-refractivity contribution in [3.8, 4) is 11.5 Å². The average molecular weight is 324 g/mol. The molecule has 0 aliphatic carbocycles. The van der Waals surface area contributed by atoms with E-state index in [4.69, 9.17) is 9.47 Å². The highest BCUT2D eigenvalue weighted by Crippen LogP contribution is 2.43. The van der Waals surface area contributed by atoms with Crippen LogP contribution in [-0.2, 0) is 9.84 Å². The minimum Gasteiger partial charge on any atom is -0.496 e. The molecule has 1 aromatic carbocycles. The molecule has 2 aliphatic heterocycles. The fraction of sp³-hybridized carbons (Fsp3) is 0.562. The molecule has 2 unspecified atom stereocenters. The number of hydrogen-bond donors (Lipinski definition) is 0. The standard InChI is InChI=1S/C16H20O5S/c1-20-13-4-3-5-14(21-2)15(13)16(17)10-8-11-6-7-12(9-10)22(11,18)19/h3-5,10-12H,6-9H2,1-2H3. The van der Waals surface area contributed by atoms with E-state index in [1.54, 1.807) is 18.2 Å². The molecule has 1 aromatic rings. The number of sulfone groups is 1. The van der Waals surface area contributed by atoms with Crippen molar-refractivity contribution in [2.24, 2.45) is 5.92 Å². The van der Waals surface area contributed by atoms with Crippen LogP contribution in [0.1, 0.15) is 36.0 Å². The second-order valence-corrected chi connectivity index (χ2v) is 8.49. The van der Waals surface area contributed by atoms with Gasteiger partial charge in [-0.25, -0.2) is 8.42 Å². The zero-order valence-electron chi connectivity index (χ0n) is 12.7. The molecule has 6 heteroatoms. The van der Waals surface area contributed by atoms with Crippen molar-refractivity contribution in [2.75, 3.05) is 14.2 Å². The number of hydrogen-bond acceptors (Lipinski definition) is 5. The summed E-state index contributed by atoms with van der Waals surface area (Å²) in [5.41, 5.74) is 0.427. The van der Waals surface area contributed by atoms with E-state index in [2.05, 4.69) is 0 Å². The number of methoxy groups -OCH3 is 2. The summed E-state index contributed by atoms with van der Waals surface area (Å²) in [5, 5.41) is -0.721. The Kier molecular flexibility index (Phi) is 3.89. The predicted octanol–water partition coefficient (Wildman–Crippen LogP) is 2.24. The smallest absolute Gasteiger partial charge is 0.173 e. The number of carbonyl (C=O) groups excluding carboxylic acids is 1. The molecule has 120 valence electrons. The minimum atomic E-state index is -3.02. The van der Waals surface area contributed by atoms with Crippen LogP contribution in [0.4, 0.5) is 0 Å². The molecule has 2 atom stereocenters. The Labute approximate surface area is 130 Å². The van der Waals surface area contributed by atoms with E-state index in [1.807, 2.05) is 0 Å². The zero-order chi connectivity index (χ0) is 15.9. The first kappa shape index (κ1) is 15.3. The van der Waals surface area contributed by atoms with E-state index < -0.39 is 9.84 Å². The van der Waals surface area contributed by atoms with Gasteiger partial charge in [-0.15, -0.1) is 0 Å². The van der Waals surface area contributed by atoms with Crippen LogP contribution in [0.2, 0.25) is 0 Å². The van der Waals surface area contributed by atoms with E-state index in [0.29, 0.717) is 42.7 Å². The summed E-state index contributed by atoms with van der Waals surface area (Å²) in [4.78, 5) is 12.9. The van der Waals surface area contributed by atoms with Crippen LogP contribution in [0.5, 0.6) is 11.5 Å². The Morgan fingerprint density at radius 3 is 2.00 bits per heavy atom. The van der Waals surface area contributed by atoms with Gasteiger partial charge < -0.3 is 9.47 Å². The number of fused-ring (bicyclic) bond motifs is 2. The van der Waals surface area contributed by atoms with Gasteiger partial charge in [-0.2, -0.15) is 0 Å². The molecular weight excluding hydrogens is 304 g/mol.